The molecule has 0 saturated carbocycles. The zero-order chi connectivity index (χ0) is 14.8. The summed E-state index contributed by atoms with van der Waals surface area (Å²) in [5.41, 5.74) is 0.663. The Morgan fingerprint density at radius 3 is 2.35 bits per heavy atom. The summed E-state index contributed by atoms with van der Waals surface area (Å²) in [7, 11) is 0. The van der Waals surface area contributed by atoms with Gasteiger partial charge in [0.1, 0.15) is 0 Å². The Morgan fingerprint density at radius 1 is 1.15 bits per heavy atom. The Bertz CT molecular complexity index is 621. The fourth-order valence-electron chi connectivity index (χ4n) is 1.64. The second-order valence-electron chi connectivity index (χ2n) is 4.22. The SMILES string of the molecule is Cc1ccncc1C(=O)Nc1ccc(C(F)(F)F)cc1. The van der Waals surface area contributed by atoms with E-state index in [1.165, 1.54) is 18.3 Å². The molecule has 1 aromatic heterocycles. The summed E-state index contributed by atoms with van der Waals surface area (Å²) in [5, 5.41) is 2.53. The number of hydrogen-bond donors (Lipinski definition) is 1. The first-order valence-electron chi connectivity index (χ1n) is 5.77. The van der Waals surface area contributed by atoms with Crippen molar-refractivity contribution in [1.29, 1.82) is 0 Å². The third-order valence-corrected chi connectivity index (χ3v) is 2.75. The Hall–Kier alpha value is -2.37. The number of pyridine rings is 1. The highest BCUT2D eigenvalue weighted by Crippen LogP contribution is 2.29. The number of nitrogens with one attached hydrogen (secondary N) is 1. The summed E-state index contributed by atoms with van der Waals surface area (Å²) < 4.78 is 37.2. The van der Waals surface area contributed by atoms with Gasteiger partial charge >= 0.3 is 6.18 Å². The first-order valence-corrected chi connectivity index (χ1v) is 5.77. The van der Waals surface area contributed by atoms with Crippen LogP contribution in [0, 0.1) is 6.92 Å². The van der Waals surface area contributed by atoms with Crippen LogP contribution in [0.25, 0.3) is 0 Å². The van der Waals surface area contributed by atoms with E-state index in [0.717, 1.165) is 17.7 Å². The lowest BCUT2D eigenvalue weighted by atomic mass is 10.1. The lowest BCUT2D eigenvalue weighted by Gasteiger charge is -2.09. The van der Waals surface area contributed by atoms with Crippen molar-refractivity contribution in [1.82, 2.24) is 4.98 Å². The van der Waals surface area contributed by atoms with Crippen LogP contribution < -0.4 is 5.32 Å². The summed E-state index contributed by atoms with van der Waals surface area (Å²) in [6.45, 7) is 1.75. The molecule has 1 N–H and O–H groups in total. The second kappa shape index (κ2) is 5.32. The number of halogens is 3. The predicted octanol–water partition coefficient (Wildman–Crippen LogP) is 3.66. The summed E-state index contributed by atoms with van der Waals surface area (Å²) in [5.74, 6) is -0.407. The fourth-order valence-corrected chi connectivity index (χ4v) is 1.64. The number of aromatic nitrogens is 1. The minimum absolute atomic E-state index is 0.297. The Kier molecular flexibility index (Phi) is 3.74. The van der Waals surface area contributed by atoms with Crippen molar-refractivity contribution in [2.75, 3.05) is 5.32 Å². The fraction of sp³-hybridized carbons (Fsp3) is 0.143. The van der Waals surface area contributed by atoms with Crippen LogP contribution in [0.3, 0.4) is 0 Å². The number of rotatable bonds is 2. The third kappa shape index (κ3) is 3.14. The molecule has 0 bridgehead atoms. The first kappa shape index (κ1) is 14.0. The van der Waals surface area contributed by atoms with E-state index in [2.05, 4.69) is 10.3 Å². The predicted molar refractivity (Wildman–Crippen MR) is 68.4 cm³/mol. The average Bonchev–Trinajstić information content (AvgIpc) is 2.38. The van der Waals surface area contributed by atoms with Crippen molar-refractivity contribution < 1.29 is 18.0 Å². The Balaban J connectivity index is 2.15. The van der Waals surface area contributed by atoms with Gasteiger partial charge in [0.05, 0.1) is 11.1 Å². The molecule has 2 rings (SSSR count). The van der Waals surface area contributed by atoms with Crippen LogP contribution in [0.2, 0.25) is 0 Å². The molecular weight excluding hydrogens is 269 g/mol. The number of amides is 1. The maximum atomic E-state index is 12.4. The molecule has 20 heavy (non-hydrogen) atoms. The smallest absolute Gasteiger partial charge is 0.322 e. The molecule has 0 radical (unpaired) electrons. The van der Waals surface area contributed by atoms with E-state index in [4.69, 9.17) is 0 Å². The molecule has 0 aliphatic rings. The van der Waals surface area contributed by atoms with E-state index < -0.39 is 17.6 Å². The van der Waals surface area contributed by atoms with Crippen LogP contribution in [-0.4, -0.2) is 10.9 Å². The normalized spacial score (nSPS) is 11.2. The monoisotopic (exact) mass is 280 g/mol. The van der Waals surface area contributed by atoms with E-state index in [1.807, 2.05) is 0 Å². The zero-order valence-electron chi connectivity index (χ0n) is 10.5. The molecule has 0 unspecified atom stereocenters. The summed E-state index contributed by atoms with van der Waals surface area (Å²) >= 11 is 0. The van der Waals surface area contributed by atoms with Gasteiger partial charge in [-0.3, -0.25) is 9.78 Å². The van der Waals surface area contributed by atoms with Crippen LogP contribution in [-0.2, 0) is 6.18 Å². The summed E-state index contributed by atoms with van der Waals surface area (Å²) in [6.07, 6.45) is -1.42. The van der Waals surface area contributed by atoms with Gasteiger partial charge in [0.15, 0.2) is 0 Å². The maximum Gasteiger partial charge on any atom is 0.416 e. The highest BCUT2D eigenvalue weighted by molar-refractivity contribution is 6.05. The summed E-state index contributed by atoms with van der Waals surface area (Å²) in [4.78, 5) is 15.8. The average molecular weight is 280 g/mol. The zero-order valence-corrected chi connectivity index (χ0v) is 10.5. The van der Waals surface area contributed by atoms with Crippen molar-refractivity contribution >= 4 is 11.6 Å². The maximum absolute atomic E-state index is 12.4. The van der Waals surface area contributed by atoms with Gasteiger partial charge < -0.3 is 5.32 Å². The third-order valence-electron chi connectivity index (χ3n) is 2.75. The Labute approximate surface area is 113 Å². The minimum Gasteiger partial charge on any atom is -0.322 e. The molecule has 3 nitrogen and oxygen atoms in total. The highest BCUT2D eigenvalue weighted by Gasteiger charge is 2.29. The van der Waals surface area contributed by atoms with Gasteiger partial charge in [0.25, 0.3) is 5.91 Å². The number of nitrogens with zero attached hydrogens (tertiary/aromatic N) is 1. The number of hydrogen-bond acceptors (Lipinski definition) is 2. The largest absolute Gasteiger partial charge is 0.416 e. The van der Waals surface area contributed by atoms with Crippen LogP contribution in [0.5, 0.6) is 0 Å². The van der Waals surface area contributed by atoms with Gasteiger partial charge in [0, 0.05) is 18.1 Å². The van der Waals surface area contributed by atoms with Gasteiger partial charge in [-0.25, -0.2) is 0 Å². The van der Waals surface area contributed by atoms with Crippen molar-refractivity contribution in [2.24, 2.45) is 0 Å². The molecule has 0 aliphatic carbocycles. The first-order chi connectivity index (χ1) is 9.38. The topological polar surface area (TPSA) is 42.0 Å². The summed E-state index contributed by atoms with van der Waals surface area (Å²) in [6, 6.07) is 5.96. The second-order valence-corrected chi connectivity index (χ2v) is 4.22. The number of alkyl halides is 3. The molecule has 1 amide bonds. The molecule has 0 aliphatic heterocycles. The number of benzene rings is 1. The molecule has 1 heterocycles. The molecule has 0 saturated heterocycles. The molecule has 104 valence electrons. The van der Waals surface area contributed by atoms with Gasteiger partial charge in [-0.15, -0.1) is 0 Å². The number of anilines is 1. The van der Waals surface area contributed by atoms with Crippen molar-refractivity contribution in [3.63, 3.8) is 0 Å². The number of aryl methyl sites for hydroxylation is 1. The van der Waals surface area contributed by atoms with Gasteiger partial charge in [-0.1, -0.05) is 0 Å². The number of carbonyl (C=O) groups is 1. The molecule has 0 spiro atoms. The van der Waals surface area contributed by atoms with Crippen LogP contribution in [0.4, 0.5) is 18.9 Å². The minimum atomic E-state index is -4.39. The van der Waals surface area contributed by atoms with Crippen LogP contribution in [0.1, 0.15) is 21.5 Å². The molecule has 0 atom stereocenters. The molecule has 6 heteroatoms. The lowest BCUT2D eigenvalue weighted by Crippen LogP contribution is -2.14. The van der Waals surface area contributed by atoms with E-state index in [-0.39, 0.29) is 0 Å². The van der Waals surface area contributed by atoms with Crippen LogP contribution >= 0.6 is 0 Å². The van der Waals surface area contributed by atoms with E-state index in [9.17, 15) is 18.0 Å². The van der Waals surface area contributed by atoms with Crippen molar-refractivity contribution in [3.8, 4) is 0 Å². The van der Waals surface area contributed by atoms with E-state index in [0.29, 0.717) is 11.3 Å². The van der Waals surface area contributed by atoms with E-state index in [1.54, 1.807) is 19.2 Å². The van der Waals surface area contributed by atoms with Crippen molar-refractivity contribution in [2.45, 2.75) is 13.1 Å². The van der Waals surface area contributed by atoms with Crippen LogP contribution in [0.15, 0.2) is 42.7 Å². The number of carbonyl (C=O) groups excluding carboxylic acids is 1. The molecular formula is C14H11F3N2O. The lowest BCUT2D eigenvalue weighted by molar-refractivity contribution is -0.137. The quantitative estimate of drug-likeness (QED) is 0.912. The molecule has 0 fully saturated rings. The van der Waals surface area contributed by atoms with Crippen molar-refractivity contribution in [3.05, 3.63) is 59.4 Å². The highest BCUT2D eigenvalue weighted by atomic mass is 19.4. The Morgan fingerprint density at radius 2 is 1.80 bits per heavy atom. The molecule has 1 aromatic carbocycles. The van der Waals surface area contributed by atoms with Gasteiger partial charge in [-0.2, -0.15) is 13.2 Å². The van der Waals surface area contributed by atoms with Gasteiger partial charge in [0.2, 0.25) is 0 Å². The molecule has 2 aromatic rings. The van der Waals surface area contributed by atoms with Gasteiger partial charge in [-0.05, 0) is 42.8 Å². The standard InChI is InChI=1S/C14H11F3N2O/c1-9-6-7-18-8-12(9)13(20)19-11-4-2-10(3-5-11)14(15,16)17/h2-8H,1H3,(H,19,20). The van der Waals surface area contributed by atoms with E-state index >= 15 is 0 Å².